The third kappa shape index (κ3) is 27.0. The Kier molecular flexibility index (Phi) is 34.0. The van der Waals surface area contributed by atoms with Gasteiger partial charge in [-0.1, -0.05) is 89.7 Å². The average Bonchev–Trinajstić information content (AvgIpc) is 1.61. The maximum Gasteiger partial charge on any atom is 0.267 e. The van der Waals surface area contributed by atoms with E-state index in [1.807, 2.05) is 0 Å². The summed E-state index contributed by atoms with van der Waals surface area (Å²) >= 11 is 0. The predicted molar refractivity (Wildman–Crippen MR) is 385 cm³/mol. The van der Waals surface area contributed by atoms with Crippen LogP contribution in [0.1, 0.15) is 89.3 Å². The molecule has 1 fully saturated rings. The van der Waals surface area contributed by atoms with Gasteiger partial charge in [-0.3, -0.25) is 67.3 Å². The van der Waals surface area contributed by atoms with Gasteiger partial charge < -0.3 is 117 Å². The first-order chi connectivity index (χ1) is 50.4. The van der Waals surface area contributed by atoms with Crippen LogP contribution in [0.3, 0.4) is 0 Å². The number of unbranched alkanes of at least 4 members (excludes halogenated alkanes) is 1. The Labute approximate surface area is 610 Å². The van der Waals surface area contributed by atoms with Crippen LogP contribution in [-0.4, -0.2) is 213 Å². The second-order valence-corrected chi connectivity index (χ2v) is 25.8. The number of carbonyl (C=O) groups excluding carboxylic acids is 13. The van der Waals surface area contributed by atoms with Crippen molar-refractivity contribution in [3.8, 4) is 11.5 Å². The molecule has 36 heteroatoms. The number of aliphatic hydroxyl groups excluding tert-OH is 3. The first-order valence-electron chi connectivity index (χ1n) is 34.4. The molecule has 0 bridgehead atoms. The zero-order chi connectivity index (χ0) is 78.3. The van der Waals surface area contributed by atoms with Crippen molar-refractivity contribution in [1.29, 1.82) is 0 Å². The number of aliphatic hydroxyl groups is 3. The number of carbonyl (C=O) groups is 13. The van der Waals surface area contributed by atoms with Gasteiger partial charge in [0.2, 0.25) is 65.0 Å². The summed E-state index contributed by atoms with van der Waals surface area (Å²) in [6, 6.07) is 1.16. The van der Waals surface area contributed by atoms with Crippen molar-refractivity contribution in [2.75, 3.05) is 39.5 Å². The fourth-order valence-electron chi connectivity index (χ4n) is 10.9. The van der Waals surface area contributed by atoms with Gasteiger partial charge >= 0.3 is 0 Å². The fourth-order valence-corrected chi connectivity index (χ4v) is 10.9. The van der Waals surface area contributed by atoms with Gasteiger partial charge in [0.25, 0.3) is 11.8 Å². The Morgan fingerprint density at radius 2 is 0.925 bits per heavy atom. The Balaban J connectivity index is 1.57. The highest BCUT2D eigenvalue weighted by Crippen LogP contribution is 2.21. The van der Waals surface area contributed by atoms with Crippen molar-refractivity contribution in [2.45, 2.75) is 152 Å². The van der Waals surface area contributed by atoms with Gasteiger partial charge in [0, 0.05) is 42.9 Å². The van der Waals surface area contributed by atoms with Crippen LogP contribution in [0.25, 0.3) is 10.9 Å². The third-order valence-electron chi connectivity index (χ3n) is 17.0. The number of phenols is 2. The number of para-hydroxylation sites is 1. The first kappa shape index (κ1) is 85.1. The molecule has 0 aliphatic carbocycles. The lowest BCUT2D eigenvalue weighted by Gasteiger charge is -2.27. The van der Waals surface area contributed by atoms with E-state index in [1.54, 1.807) is 58.2 Å². The lowest BCUT2D eigenvalue weighted by atomic mass is 9.98. The zero-order valence-corrected chi connectivity index (χ0v) is 59.4. The summed E-state index contributed by atoms with van der Waals surface area (Å²) in [5.41, 5.74) is 17.3. The number of H-pyrrole nitrogens is 1. The summed E-state index contributed by atoms with van der Waals surface area (Å²) in [7, 11) is 0. The number of aliphatic imine (C=N–C) groups is 1. The van der Waals surface area contributed by atoms with Gasteiger partial charge in [0.15, 0.2) is 5.96 Å². The van der Waals surface area contributed by atoms with Crippen molar-refractivity contribution >= 4 is 93.7 Å². The van der Waals surface area contributed by atoms with E-state index in [1.165, 1.54) is 48.5 Å². The molecule has 13 amide bonds. The molecule has 5 rings (SSSR count). The molecule has 1 aliphatic rings. The Hall–Kier alpha value is -11.5. The van der Waals surface area contributed by atoms with Gasteiger partial charge in [-0.15, -0.1) is 0 Å². The van der Waals surface area contributed by atoms with Crippen LogP contribution < -0.4 is 86.3 Å². The molecule has 576 valence electrons. The zero-order valence-electron chi connectivity index (χ0n) is 59.4. The van der Waals surface area contributed by atoms with Crippen molar-refractivity contribution in [1.82, 2.24) is 74.1 Å². The average molecular weight is 1480 g/mol. The lowest BCUT2D eigenvalue weighted by Crippen LogP contribution is -2.61. The molecular formula is C70H98N18O18. The van der Waals surface area contributed by atoms with Gasteiger partial charge in [-0.2, -0.15) is 0 Å². The molecule has 106 heavy (non-hydrogen) atoms. The number of benzene rings is 3. The first-order valence-corrected chi connectivity index (χ1v) is 34.4. The number of aromatic hydroxyl groups is 2. The number of hydrogen-bond donors (Lipinski definition) is 22. The number of aromatic nitrogens is 1. The number of amides is 13. The number of phenolic OH excluding ortho intramolecular Hbond substituents is 2. The molecule has 2 heterocycles. The maximum atomic E-state index is 14.6. The van der Waals surface area contributed by atoms with Gasteiger partial charge in [-0.05, 0) is 104 Å². The Bertz CT molecular complexity index is 3810. The number of nitrogens with two attached hydrogens (primary N) is 3. The van der Waals surface area contributed by atoms with Crippen molar-refractivity contribution in [3.05, 3.63) is 120 Å². The van der Waals surface area contributed by atoms with Crippen molar-refractivity contribution in [3.63, 3.8) is 0 Å². The van der Waals surface area contributed by atoms with Crippen LogP contribution in [0.2, 0.25) is 0 Å². The molecule has 4 aromatic rings. The van der Waals surface area contributed by atoms with Crippen LogP contribution >= 0.6 is 0 Å². The Morgan fingerprint density at radius 3 is 1.41 bits per heavy atom. The molecule has 36 nitrogen and oxygen atoms in total. The van der Waals surface area contributed by atoms with Crippen LogP contribution in [0.15, 0.2) is 109 Å². The molecule has 1 aromatic heterocycles. The van der Waals surface area contributed by atoms with E-state index in [-0.39, 0.29) is 94.3 Å². The van der Waals surface area contributed by atoms with Crippen LogP contribution in [-0.2, 0) is 81.6 Å². The molecule has 25 N–H and O–H groups in total. The Morgan fingerprint density at radius 1 is 0.500 bits per heavy atom. The maximum absolute atomic E-state index is 14.6. The molecular weight excluding hydrogens is 1380 g/mol. The number of rotatable bonds is 21. The predicted octanol–water partition coefficient (Wildman–Crippen LogP) is -4.90. The highest BCUT2D eigenvalue weighted by Gasteiger charge is 2.37. The SMILES string of the molecule is C=C1NC(=O)[C@H]([C@@H](C)CC)NC(=O)CNC(=O)[C@H](CCCN=C(N)N)NC(=O)[C@H](CO)NC(=O)[C@H](CO)NC(=O)[C@H](Cc2ccc(O)cc2)NC(=O)[C@H](CCCCN)NC(=O)C(=C)NC(=O)[C@H](CC(C)C)NC(=O)[C@H](Cc2ccc(O)cc2)NC(=O)[C@H](CO)NC(=O)[C@H](Cc2c[nH]c3ccccc23)NC1=O. The number of aromatic amines is 1. The summed E-state index contributed by atoms with van der Waals surface area (Å²) in [4.78, 5) is 192. The number of fused-ring (bicyclic) bond motifs is 1. The van der Waals surface area contributed by atoms with Gasteiger partial charge in [0.05, 0.1) is 37.8 Å². The minimum atomic E-state index is -1.92. The van der Waals surface area contributed by atoms with E-state index in [2.05, 4.69) is 92.3 Å². The van der Waals surface area contributed by atoms with E-state index in [0.29, 0.717) is 34.0 Å². The number of nitrogens with one attached hydrogen (secondary N) is 14. The summed E-state index contributed by atoms with van der Waals surface area (Å²) in [5, 5.41) is 84.2. The van der Waals surface area contributed by atoms with E-state index < -0.39 is 181 Å². The van der Waals surface area contributed by atoms with Crippen molar-refractivity contribution < 1.29 is 87.9 Å². The molecule has 1 aliphatic heterocycles. The lowest BCUT2D eigenvalue weighted by molar-refractivity contribution is -0.136. The van der Waals surface area contributed by atoms with Gasteiger partial charge in [0.1, 0.15) is 71.9 Å². The minimum absolute atomic E-state index is 0.0141. The largest absolute Gasteiger partial charge is 0.508 e. The highest BCUT2D eigenvalue weighted by molar-refractivity contribution is 6.04. The second kappa shape index (κ2) is 42.3. The fraction of sp³-hybridized carbons (Fsp3) is 0.457. The van der Waals surface area contributed by atoms with Gasteiger partial charge in [-0.25, -0.2) is 0 Å². The molecule has 3 aromatic carbocycles. The molecule has 0 spiro atoms. The molecule has 11 atom stereocenters. The number of guanidine groups is 1. The minimum Gasteiger partial charge on any atom is -0.508 e. The second-order valence-electron chi connectivity index (χ2n) is 25.8. The summed E-state index contributed by atoms with van der Waals surface area (Å²) in [6.45, 7) is 9.94. The normalized spacial score (nSPS) is 23.0. The highest BCUT2D eigenvalue weighted by atomic mass is 16.3. The standard InChI is InChI=1S/C70H98N18O18/c1-7-37(4)57-69(106)78-39(6)59(96)81-52(30-42-31-75-46-14-9-8-13-45(42)46)65(102)86-54(34-90)67(104)84-50(28-40-17-21-43(92)22-18-40)63(100)82-49(27-36(2)3)62(99)77-38(5)58(95)79-48(15-10-11-25-71)61(98)83-51(29-41-19-23-44(93)24-20-41)64(101)85-55(35-91)68(105)87-53(33-89)66(103)80-47(16-12-26-74-70(72)73)60(97)76-32-56(94)88-57/h8-9,13-14,17-24,31,36-37,47-55,57,75,89-93H,5-7,10-12,15-16,25-30,32-35,71H2,1-4H3,(H,76,97)(H,77,99)(H,78,106)(H,79,95)(H,80,103)(H,81,96)(H,82,100)(H,83,98)(H,84,104)(H,85,101)(H,86,102)(H,87,105)(H,88,94)(H4,72,73,74)/t37-,47-,48-,49-,50-,51-,52-,53-,54-,55-,57-/m0/s1. The van der Waals surface area contributed by atoms with Crippen LogP contribution in [0, 0.1) is 11.8 Å². The molecule has 0 unspecified atom stereocenters. The summed E-state index contributed by atoms with van der Waals surface area (Å²) in [5.74, 6) is -15.7. The molecule has 0 radical (unpaired) electrons. The van der Waals surface area contributed by atoms with Crippen molar-refractivity contribution in [2.24, 2.45) is 34.0 Å². The van der Waals surface area contributed by atoms with E-state index in [4.69, 9.17) is 17.2 Å². The van der Waals surface area contributed by atoms with E-state index >= 15 is 0 Å². The quantitative estimate of drug-likeness (QED) is 0.0161. The molecule has 1 saturated heterocycles. The van der Waals surface area contributed by atoms with E-state index in [9.17, 15) is 87.9 Å². The third-order valence-corrected chi connectivity index (χ3v) is 17.0. The monoisotopic (exact) mass is 1480 g/mol. The van der Waals surface area contributed by atoms with Crippen LogP contribution in [0.4, 0.5) is 0 Å². The smallest absolute Gasteiger partial charge is 0.267 e. The summed E-state index contributed by atoms with van der Waals surface area (Å²) < 4.78 is 0. The number of hydrogen-bond acceptors (Lipinski definition) is 20. The van der Waals surface area contributed by atoms with Crippen LogP contribution in [0.5, 0.6) is 11.5 Å². The topological polar surface area (TPSA) is 586 Å². The number of nitrogens with zero attached hydrogens (tertiary/aromatic N) is 1. The summed E-state index contributed by atoms with van der Waals surface area (Å²) in [6.07, 6.45) is 0.883. The molecule has 0 saturated carbocycles. The van der Waals surface area contributed by atoms with E-state index in [0.717, 1.165) is 0 Å².